The van der Waals surface area contributed by atoms with Crippen LogP contribution in [0.5, 0.6) is 0 Å². The molecule has 0 amide bonds. The molecule has 1 saturated heterocycles. The van der Waals surface area contributed by atoms with E-state index in [1.807, 2.05) is 0 Å². The molecule has 0 aromatic carbocycles. The lowest BCUT2D eigenvalue weighted by atomic mass is 10.1. The minimum absolute atomic E-state index is 0.644. The van der Waals surface area contributed by atoms with Crippen LogP contribution in [0.2, 0.25) is 0 Å². The third-order valence-corrected chi connectivity index (χ3v) is 3.90. The fourth-order valence-electron chi connectivity index (χ4n) is 2.74. The van der Waals surface area contributed by atoms with Crippen LogP contribution in [0.4, 0.5) is 0 Å². The summed E-state index contributed by atoms with van der Waals surface area (Å²) in [5, 5.41) is 3.49. The minimum Gasteiger partial charge on any atom is -0.315 e. The highest BCUT2D eigenvalue weighted by atomic mass is 15.1. The van der Waals surface area contributed by atoms with Crippen molar-refractivity contribution < 1.29 is 0 Å². The standard InChI is InChI=1S/C16H34N2/c1-16(2)17-12-8-4-7-11-15-18-13-9-5-3-6-10-14-18/h16-17H,3-15H2,1-2H3. The molecule has 0 aromatic rings. The zero-order valence-electron chi connectivity index (χ0n) is 12.7. The van der Waals surface area contributed by atoms with E-state index < -0.39 is 0 Å². The van der Waals surface area contributed by atoms with E-state index in [0.29, 0.717) is 6.04 Å². The predicted octanol–water partition coefficient (Wildman–Crippen LogP) is 3.81. The number of rotatable bonds is 8. The van der Waals surface area contributed by atoms with Gasteiger partial charge >= 0.3 is 0 Å². The first-order chi connectivity index (χ1) is 8.79. The van der Waals surface area contributed by atoms with Gasteiger partial charge in [0.15, 0.2) is 0 Å². The van der Waals surface area contributed by atoms with Crippen molar-refractivity contribution in [2.45, 2.75) is 77.7 Å². The van der Waals surface area contributed by atoms with E-state index in [2.05, 4.69) is 24.1 Å². The second-order valence-electron chi connectivity index (χ2n) is 6.13. The lowest BCUT2D eigenvalue weighted by Gasteiger charge is -2.24. The van der Waals surface area contributed by atoms with Crippen molar-refractivity contribution in [3.05, 3.63) is 0 Å². The lowest BCUT2D eigenvalue weighted by molar-refractivity contribution is 0.242. The van der Waals surface area contributed by atoms with Crippen LogP contribution in [0.15, 0.2) is 0 Å². The molecule has 0 aromatic heterocycles. The highest BCUT2D eigenvalue weighted by Gasteiger charge is 2.07. The molecule has 0 radical (unpaired) electrons. The molecule has 0 saturated carbocycles. The topological polar surface area (TPSA) is 15.3 Å². The Bertz CT molecular complexity index is 172. The number of nitrogens with one attached hydrogen (secondary N) is 1. The molecule has 2 heteroatoms. The van der Waals surface area contributed by atoms with Crippen molar-refractivity contribution in [1.29, 1.82) is 0 Å². The third-order valence-electron chi connectivity index (χ3n) is 3.90. The van der Waals surface area contributed by atoms with Crippen LogP contribution in [-0.4, -0.2) is 37.1 Å². The van der Waals surface area contributed by atoms with Crippen LogP contribution in [0.25, 0.3) is 0 Å². The lowest BCUT2D eigenvalue weighted by Crippen LogP contribution is -2.28. The Kier molecular flexibility index (Phi) is 9.59. The Hall–Kier alpha value is -0.0800. The fraction of sp³-hybridized carbons (Fsp3) is 1.00. The SMILES string of the molecule is CC(C)NCCCCCCN1CCCCCCC1. The normalized spacial score (nSPS) is 18.8. The Morgan fingerprint density at radius 1 is 0.833 bits per heavy atom. The first-order valence-corrected chi connectivity index (χ1v) is 8.25. The van der Waals surface area contributed by atoms with E-state index in [0.717, 1.165) is 0 Å². The first-order valence-electron chi connectivity index (χ1n) is 8.25. The number of nitrogens with zero attached hydrogens (tertiary/aromatic N) is 1. The number of likely N-dealkylation sites (tertiary alicyclic amines) is 1. The van der Waals surface area contributed by atoms with E-state index in [1.54, 1.807) is 0 Å². The van der Waals surface area contributed by atoms with Gasteiger partial charge in [0.05, 0.1) is 0 Å². The molecule has 1 aliphatic rings. The maximum absolute atomic E-state index is 3.49. The monoisotopic (exact) mass is 254 g/mol. The maximum atomic E-state index is 3.49. The van der Waals surface area contributed by atoms with Crippen molar-refractivity contribution in [3.8, 4) is 0 Å². The summed E-state index contributed by atoms with van der Waals surface area (Å²) >= 11 is 0. The van der Waals surface area contributed by atoms with Gasteiger partial charge in [0.2, 0.25) is 0 Å². The summed E-state index contributed by atoms with van der Waals surface area (Å²) in [6.07, 6.45) is 12.8. The molecule has 1 rings (SSSR count). The van der Waals surface area contributed by atoms with Crippen molar-refractivity contribution in [1.82, 2.24) is 10.2 Å². The molecule has 2 nitrogen and oxygen atoms in total. The summed E-state index contributed by atoms with van der Waals surface area (Å²) in [4.78, 5) is 2.70. The van der Waals surface area contributed by atoms with E-state index in [9.17, 15) is 0 Å². The van der Waals surface area contributed by atoms with Gasteiger partial charge in [-0.2, -0.15) is 0 Å². The van der Waals surface area contributed by atoms with Gasteiger partial charge in [-0.05, 0) is 51.9 Å². The molecule has 0 atom stereocenters. The first kappa shape index (κ1) is 16.0. The summed E-state index contributed by atoms with van der Waals surface area (Å²) in [5.41, 5.74) is 0. The second-order valence-corrected chi connectivity index (χ2v) is 6.13. The Morgan fingerprint density at radius 3 is 2.11 bits per heavy atom. The van der Waals surface area contributed by atoms with E-state index in [4.69, 9.17) is 0 Å². The number of hydrogen-bond acceptors (Lipinski definition) is 2. The molecule has 18 heavy (non-hydrogen) atoms. The van der Waals surface area contributed by atoms with E-state index in [1.165, 1.54) is 84.0 Å². The summed E-state index contributed by atoms with van der Waals surface area (Å²) < 4.78 is 0. The van der Waals surface area contributed by atoms with E-state index >= 15 is 0 Å². The van der Waals surface area contributed by atoms with Gasteiger partial charge in [0, 0.05) is 6.04 Å². The molecule has 1 N–H and O–H groups in total. The van der Waals surface area contributed by atoms with Gasteiger partial charge in [-0.3, -0.25) is 0 Å². The van der Waals surface area contributed by atoms with Crippen LogP contribution in [0, 0.1) is 0 Å². The van der Waals surface area contributed by atoms with Crippen molar-refractivity contribution >= 4 is 0 Å². The second kappa shape index (κ2) is 10.8. The van der Waals surface area contributed by atoms with Gasteiger partial charge in [-0.15, -0.1) is 0 Å². The van der Waals surface area contributed by atoms with Crippen LogP contribution >= 0.6 is 0 Å². The summed E-state index contributed by atoms with van der Waals surface area (Å²) in [5.74, 6) is 0. The molecule has 1 fully saturated rings. The average molecular weight is 254 g/mol. The summed E-state index contributed by atoms with van der Waals surface area (Å²) in [6.45, 7) is 9.70. The minimum atomic E-state index is 0.644. The van der Waals surface area contributed by atoms with Crippen LogP contribution in [-0.2, 0) is 0 Å². The summed E-state index contributed by atoms with van der Waals surface area (Å²) in [7, 11) is 0. The van der Waals surface area contributed by atoms with E-state index in [-0.39, 0.29) is 0 Å². The predicted molar refractivity (Wildman–Crippen MR) is 81.1 cm³/mol. The molecule has 1 aliphatic heterocycles. The number of hydrogen-bond donors (Lipinski definition) is 1. The highest BCUT2D eigenvalue weighted by Crippen LogP contribution is 2.11. The Labute approximate surface area is 115 Å². The van der Waals surface area contributed by atoms with Crippen molar-refractivity contribution in [3.63, 3.8) is 0 Å². The van der Waals surface area contributed by atoms with Crippen LogP contribution in [0.1, 0.15) is 71.6 Å². The zero-order valence-corrected chi connectivity index (χ0v) is 12.7. The zero-order chi connectivity index (χ0) is 13.1. The van der Waals surface area contributed by atoms with Gasteiger partial charge < -0.3 is 10.2 Å². The van der Waals surface area contributed by atoms with Crippen molar-refractivity contribution in [2.75, 3.05) is 26.2 Å². The molecule has 0 aliphatic carbocycles. The third kappa shape index (κ3) is 8.93. The molecule has 0 unspecified atom stereocenters. The smallest absolute Gasteiger partial charge is 0.00103 e. The molecule has 0 bridgehead atoms. The number of unbranched alkanes of at least 4 members (excludes halogenated alkanes) is 3. The average Bonchev–Trinajstić information content (AvgIpc) is 2.29. The molecule has 108 valence electrons. The Balaban J connectivity index is 1.89. The molecule has 0 spiro atoms. The maximum Gasteiger partial charge on any atom is 0.00103 e. The van der Waals surface area contributed by atoms with Gasteiger partial charge in [-0.1, -0.05) is 46.0 Å². The molecule has 1 heterocycles. The Morgan fingerprint density at radius 2 is 1.44 bits per heavy atom. The fourth-order valence-corrected chi connectivity index (χ4v) is 2.74. The molecular formula is C16H34N2. The summed E-state index contributed by atoms with van der Waals surface area (Å²) in [6, 6.07) is 0.644. The van der Waals surface area contributed by atoms with Gasteiger partial charge in [0.1, 0.15) is 0 Å². The largest absolute Gasteiger partial charge is 0.315 e. The van der Waals surface area contributed by atoms with Crippen LogP contribution < -0.4 is 5.32 Å². The quantitative estimate of drug-likeness (QED) is 0.663. The van der Waals surface area contributed by atoms with Crippen molar-refractivity contribution in [2.24, 2.45) is 0 Å². The van der Waals surface area contributed by atoms with Gasteiger partial charge in [-0.25, -0.2) is 0 Å². The van der Waals surface area contributed by atoms with Gasteiger partial charge in [0.25, 0.3) is 0 Å². The van der Waals surface area contributed by atoms with Crippen LogP contribution in [0.3, 0.4) is 0 Å². The highest BCUT2D eigenvalue weighted by molar-refractivity contribution is 4.62. The molecular weight excluding hydrogens is 220 g/mol.